The molecule has 0 radical (unpaired) electrons. The summed E-state index contributed by atoms with van der Waals surface area (Å²) in [5.74, 6) is -0.167. The fraction of sp³-hybridized carbons (Fsp3) is 0.136. The molecule has 30 heavy (non-hydrogen) atoms. The largest absolute Gasteiger partial charge is 0.346 e. The molecule has 0 spiro atoms. The van der Waals surface area contributed by atoms with Crippen LogP contribution < -0.4 is 5.43 Å². The molecular formula is C22H18ClN3O3S. The van der Waals surface area contributed by atoms with Gasteiger partial charge in [0.2, 0.25) is 0 Å². The van der Waals surface area contributed by atoms with E-state index in [2.05, 4.69) is 15.0 Å². The topological polar surface area (TPSA) is 92.8 Å². The van der Waals surface area contributed by atoms with Crippen molar-refractivity contribution in [3.63, 3.8) is 0 Å². The third-order valence-corrected chi connectivity index (χ3v) is 6.79. The molecule has 152 valence electrons. The summed E-state index contributed by atoms with van der Waals surface area (Å²) in [6, 6.07) is 13.9. The SMILES string of the molecule is CCS(=O)(=O)c1c(-c2cc(C)nc(Cl)c2)c(-c2ccccc2)nc2[nH]ccc(=O)c12. The number of H-pyrrole nitrogens is 1. The van der Waals surface area contributed by atoms with Gasteiger partial charge in [-0.3, -0.25) is 4.79 Å². The Balaban J connectivity index is 2.31. The number of halogens is 1. The first-order valence-corrected chi connectivity index (χ1v) is 11.3. The van der Waals surface area contributed by atoms with E-state index in [4.69, 9.17) is 11.6 Å². The summed E-state index contributed by atoms with van der Waals surface area (Å²) in [5.41, 5.74) is 2.47. The zero-order valence-electron chi connectivity index (χ0n) is 16.3. The smallest absolute Gasteiger partial charge is 0.192 e. The second kappa shape index (κ2) is 7.66. The Morgan fingerprint density at radius 1 is 1.03 bits per heavy atom. The summed E-state index contributed by atoms with van der Waals surface area (Å²) in [6.45, 7) is 3.32. The van der Waals surface area contributed by atoms with E-state index in [-0.39, 0.29) is 26.8 Å². The first-order chi connectivity index (χ1) is 14.3. The molecule has 0 aliphatic heterocycles. The van der Waals surface area contributed by atoms with Crippen molar-refractivity contribution in [1.29, 1.82) is 0 Å². The van der Waals surface area contributed by atoms with Crippen LogP contribution in [0.25, 0.3) is 33.4 Å². The van der Waals surface area contributed by atoms with Crippen LogP contribution in [-0.2, 0) is 9.84 Å². The average molecular weight is 440 g/mol. The number of hydrogen-bond donors (Lipinski definition) is 1. The molecule has 0 atom stereocenters. The molecular weight excluding hydrogens is 422 g/mol. The summed E-state index contributed by atoms with van der Waals surface area (Å²) in [7, 11) is -3.81. The molecule has 0 bridgehead atoms. The average Bonchev–Trinajstić information content (AvgIpc) is 2.72. The molecule has 8 heteroatoms. The molecule has 1 aromatic carbocycles. The van der Waals surface area contributed by atoms with Crippen molar-refractivity contribution >= 4 is 32.5 Å². The first-order valence-electron chi connectivity index (χ1n) is 9.30. The van der Waals surface area contributed by atoms with Gasteiger partial charge in [0.15, 0.2) is 15.3 Å². The molecule has 4 rings (SSSR count). The van der Waals surface area contributed by atoms with Crippen LogP contribution in [0.2, 0.25) is 5.15 Å². The van der Waals surface area contributed by atoms with Crippen LogP contribution in [0.15, 0.2) is 64.4 Å². The Labute approximate surface area is 178 Å². The maximum Gasteiger partial charge on any atom is 0.192 e. The number of aryl methyl sites for hydroxylation is 1. The van der Waals surface area contributed by atoms with E-state index in [1.54, 1.807) is 26.0 Å². The number of nitrogens with zero attached hydrogens (tertiary/aromatic N) is 2. The van der Waals surface area contributed by atoms with Crippen molar-refractivity contribution in [1.82, 2.24) is 15.0 Å². The van der Waals surface area contributed by atoms with Gasteiger partial charge in [-0.1, -0.05) is 48.9 Å². The number of nitrogens with one attached hydrogen (secondary N) is 1. The molecule has 0 saturated carbocycles. The van der Waals surface area contributed by atoms with Gasteiger partial charge in [0.25, 0.3) is 0 Å². The van der Waals surface area contributed by atoms with Crippen LogP contribution in [0.4, 0.5) is 0 Å². The Hall–Kier alpha value is -3.03. The number of rotatable bonds is 4. The Bertz CT molecular complexity index is 1410. The summed E-state index contributed by atoms with van der Waals surface area (Å²) < 4.78 is 26.6. The number of aromatic amines is 1. The van der Waals surface area contributed by atoms with Crippen molar-refractivity contribution in [2.45, 2.75) is 18.7 Å². The summed E-state index contributed by atoms with van der Waals surface area (Å²) in [4.78, 5) is 24.5. The Morgan fingerprint density at radius 3 is 2.43 bits per heavy atom. The normalized spacial score (nSPS) is 11.7. The van der Waals surface area contributed by atoms with Gasteiger partial charge >= 0.3 is 0 Å². The van der Waals surface area contributed by atoms with Gasteiger partial charge in [0.05, 0.1) is 21.7 Å². The number of sulfone groups is 1. The zero-order chi connectivity index (χ0) is 21.5. The van der Waals surface area contributed by atoms with Gasteiger partial charge in [0.1, 0.15) is 10.8 Å². The fourth-order valence-electron chi connectivity index (χ4n) is 3.48. The van der Waals surface area contributed by atoms with Crippen LogP contribution in [0.1, 0.15) is 12.6 Å². The number of hydrogen-bond acceptors (Lipinski definition) is 5. The summed E-state index contributed by atoms with van der Waals surface area (Å²) in [5, 5.41) is 0.269. The number of fused-ring (bicyclic) bond motifs is 1. The van der Waals surface area contributed by atoms with E-state index in [0.717, 1.165) is 5.56 Å². The van der Waals surface area contributed by atoms with E-state index in [1.807, 2.05) is 30.3 Å². The second-order valence-corrected chi connectivity index (χ2v) is 9.42. The fourth-order valence-corrected chi connectivity index (χ4v) is 5.05. The highest BCUT2D eigenvalue weighted by molar-refractivity contribution is 7.91. The van der Waals surface area contributed by atoms with Gasteiger partial charge in [-0.2, -0.15) is 0 Å². The lowest BCUT2D eigenvalue weighted by Gasteiger charge is -2.17. The number of aromatic nitrogens is 3. The molecule has 4 aromatic rings. The maximum atomic E-state index is 13.3. The van der Waals surface area contributed by atoms with Gasteiger partial charge in [-0.25, -0.2) is 18.4 Å². The number of benzene rings is 1. The Morgan fingerprint density at radius 2 is 1.77 bits per heavy atom. The van der Waals surface area contributed by atoms with Gasteiger partial charge < -0.3 is 4.98 Å². The molecule has 1 N–H and O–H groups in total. The van der Waals surface area contributed by atoms with Crippen molar-refractivity contribution in [2.75, 3.05) is 5.75 Å². The van der Waals surface area contributed by atoms with Crippen LogP contribution >= 0.6 is 11.6 Å². The molecule has 0 aliphatic carbocycles. The van der Waals surface area contributed by atoms with Gasteiger partial charge in [-0.15, -0.1) is 0 Å². The minimum atomic E-state index is -3.81. The van der Waals surface area contributed by atoms with E-state index < -0.39 is 15.3 Å². The summed E-state index contributed by atoms with van der Waals surface area (Å²) >= 11 is 6.20. The van der Waals surface area contributed by atoms with Crippen molar-refractivity contribution in [2.24, 2.45) is 0 Å². The van der Waals surface area contributed by atoms with E-state index >= 15 is 0 Å². The van der Waals surface area contributed by atoms with E-state index in [9.17, 15) is 13.2 Å². The quantitative estimate of drug-likeness (QED) is 0.475. The molecule has 0 aliphatic rings. The lowest BCUT2D eigenvalue weighted by Crippen LogP contribution is -2.14. The van der Waals surface area contributed by atoms with Crippen LogP contribution in [0.5, 0.6) is 0 Å². The van der Waals surface area contributed by atoms with E-state index in [0.29, 0.717) is 22.5 Å². The zero-order valence-corrected chi connectivity index (χ0v) is 17.9. The minimum absolute atomic E-state index is 0.0413. The minimum Gasteiger partial charge on any atom is -0.346 e. The lowest BCUT2D eigenvalue weighted by atomic mass is 9.98. The standard InChI is InChI=1S/C22H18ClN3O3S/c1-3-30(28,29)21-18(15-11-13(2)25-17(23)12-15)20(14-7-5-4-6-8-14)26-22-19(21)16(27)9-10-24-22/h4-12H,3H2,1-2H3,(H,24,26,27). The van der Waals surface area contributed by atoms with Crippen molar-refractivity contribution < 1.29 is 8.42 Å². The molecule has 0 unspecified atom stereocenters. The molecule has 3 aromatic heterocycles. The third-order valence-electron chi connectivity index (χ3n) is 4.80. The molecule has 6 nitrogen and oxygen atoms in total. The molecule has 0 fully saturated rings. The highest BCUT2D eigenvalue weighted by Gasteiger charge is 2.28. The highest BCUT2D eigenvalue weighted by atomic mass is 35.5. The second-order valence-electron chi connectivity index (χ2n) is 6.82. The molecule has 3 heterocycles. The van der Waals surface area contributed by atoms with Crippen LogP contribution in [0.3, 0.4) is 0 Å². The summed E-state index contributed by atoms with van der Waals surface area (Å²) in [6.07, 6.45) is 1.46. The van der Waals surface area contributed by atoms with E-state index in [1.165, 1.54) is 12.3 Å². The van der Waals surface area contributed by atoms with Crippen molar-refractivity contribution in [3.05, 3.63) is 75.8 Å². The van der Waals surface area contributed by atoms with Gasteiger partial charge in [-0.05, 0) is 24.6 Å². The monoisotopic (exact) mass is 439 g/mol. The first kappa shape index (κ1) is 20.3. The highest BCUT2D eigenvalue weighted by Crippen LogP contribution is 2.40. The molecule has 0 saturated heterocycles. The van der Waals surface area contributed by atoms with Crippen LogP contribution in [0, 0.1) is 6.92 Å². The van der Waals surface area contributed by atoms with Gasteiger partial charge in [0, 0.05) is 29.1 Å². The predicted molar refractivity (Wildman–Crippen MR) is 119 cm³/mol. The molecule has 0 amide bonds. The third kappa shape index (κ3) is 3.51. The predicted octanol–water partition coefficient (Wildman–Crippen LogP) is 4.41. The maximum absolute atomic E-state index is 13.3. The van der Waals surface area contributed by atoms with Crippen LogP contribution in [-0.4, -0.2) is 29.1 Å². The number of pyridine rings is 3. The Kier molecular flexibility index (Phi) is 5.17. The lowest BCUT2D eigenvalue weighted by molar-refractivity contribution is 0.598. The van der Waals surface area contributed by atoms with Crippen molar-refractivity contribution in [3.8, 4) is 22.4 Å².